The topological polar surface area (TPSA) is 37.3 Å². The molecule has 0 unspecified atom stereocenters. The maximum Gasteiger partial charge on any atom is 0.345 e. The summed E-state index contributed by atoms with van der Waals surface area (Å²) in [5.74, 6) is 0.992. The van der Waals surface area contributed by atoms with Gasteiger partial charge in [-0.2, -0.15) is 11.8 Å². The molecule has 106 valence electrons. The molecule has 0 radical (unpaired) electrons. The maximum atomic E-state index is 10.9. The lowest BCUT2D eigenvalue weighted by molar-refractivity contribution is 0.0702. The lowest BCUT2D eigenvalue weighted by Crippen LogP contribution is -1.90. The van der Waals surface area contributed by atoms with Gasteiger partial charge in [0.2, 0.25) is 0 Å². The molecule has 2 rings (SSSR count). The first-order valence-corrected chi connectivity index (χ1v) is 8.40. The van der Waals surface area contributed by atoms with Gasteiger partial charge in [-0.1, -0.05) is 29.3 Å². The number of hydrogen-bond acceptors (Lipinski definition) is 3. The molecule has 0 atom stereocenters. The van der Waals surface area contributed by atoms with Crippen molar-refractivity contribution in [3.8, 4) is 0 Å². The van der Waals surface area contributed by atoms with E-state index in [2.05, 4.69) is 32.0 Å². The van der Waals surface area contributed by atoms with E-state index in [0.29, 0.717) is 4.88 Å². The molecule has 20 heavy (non-hydrogen) atoms. The standard InChI is InChI=1S/C16H18O2S2/c1-10-4-11(2)6-13(5-10)8-19-9-14-7-15(16(17)18)20-12(14)3/h4-7H,8-9H2,1-3H3,(H,17,18). The van der Waals surface area contributed by atoms with Gasteiger partial charge in [-0.25, -0.2) is 4.79 Å². The van der Waals surface area contributed by atoms with Crippen LogP contribution in [0.5, 0.6) is 0 Å². The van der Waals surface area contributed by atoms with E-state index in [4.69, 9.17) is 5.11 Å². The van der Waals surface area contributed by atoms with Gasteiger partial charge in [-0.05, 0) is 38.0 Å². The second-order valence-corrected chi connectivity index (χ2v) is 7.23. The second-order valence-electron chi connectivity index (χ2n) is 4.99. The minimum atomic E-state index is -0.830. The van der Waals surface area contributed by atoms with Crippen LogP contribution < -0.4 is 0 Å². The predicted molar refractivity (Wildman–Crippen MR) is 86.9 cm³/mol. The van der Waals surface area contributed by atoms with Gasteiger partial charge in [0, 0.05) is 16.4 Å². The molecule has 4 heteroatoms. The molecule has 2 nitrogen and oxygen atoms in total. The molecular weight excluding hydrogens is 288 g/mol. The van der Waals surface area contributed by atoms with Crippen LogP contribution in [0.1, 0.15) is 36.8 Å². The Balaban J connectivity index is 1.97. The highest BCUT2D eigenvalue weighted by Crippen LogP contribution is 2.27. The molecule has 0 saturated heterocycles. The van der Waals surface area contributed by atoms with Crippen molar-refractivity contribution in [2.45, 2.75) is 32.3 Å². The molecule has 0 spiro atoms. The van der Waals surface area contributed by atoms with Crippen LogP contribution in [0, 0.1) is 20.8 Å². The number of aryl methyl sites for hydroxylation is 3. The molecule has 1 N–H and O–H groups in total. The zero-order chi connectivity index (χ0) is 14.7. The number of benzene rings is 1. The van der Waals surface area contributed by atoms with Gasteiger partial charge >= 0.3 is 5.97 Å². The summed E-state index contributed by atoms with van der Waals surface area (Å²) >= 11 is 3.19. The van der Waals surface area contributed by atoms with Crippen molar-refractivity contribution in [1.29, 1.82) is 0 Å². The zero-order valence-corrected chi connectivity index (χ0v) is 13.5. The van der Waals surface area contributed by atoms with Gasteiger partial charge < -0.3 is 5.11 Å². The van der Waals surface area contributed by atoms with Crippen molar-refractivity contribution in [1.82, 2.24) is 0 Å². The first-order chi connectivity index (χ1) is 9.45. The third-order valence-electron chi connectivity index (χ3n) is 3.04. The molecule has 0 bridgehead atoms. The van der Waals surface area contributed by atoms with Crippen molar-refractivity contribution in [2.75, 3.05) is 0 Å². The van der Waals surface area contributed by atoms with E-state index in [9.17, 15) is 4.79 Å². The normalized spacial score (nSPS) is 10.8. The Morgan fingerprint density at radius 1 is 1.10 bits per heavy atom. The van der Waals surface area contributed by atoms with Gasteiger partial charge in [0.1, 0.15) is 4.88 Å². The highest BCUT2D eigenvalue weighted by Gasteiger charge is 2.10. The minimum Gasteiger partial charge on any atom is -0.477 e. The van der Waals surface area contributed by atoms with Crippen molar-refractivity contribution in [3.63, 3.8) is 0 Å². The highest BCUT2D eigenvalue weighted by atomic mass is 32.2. The summed E-state index contributed by atoms with van der Waals surface area (Å²) in [6.07, 6.45) is 0. The Labute approximate surface area is 127 Å². The Hall–Kier alpha value is -1.26. The summed E-state index contributed by atoms with van der Waals surface area (Å²) in [5, 5.41) is 8.99. The third-order valence-corrected chi connectivity index (χ3v) is 5.17. The lowest BCUT2D eigenvalue weighted by atomic mass is 10.1. The quantitative estimate of drug-likeness (QED) is 0.861. The van der Waals surface area contributed by atoms with Crippen LogP contribution in [-0.2, 0) is 11.5 Å². The van der Waals surface area contributed by atoms with Crippen LogP contribution in [-0.4, -0.2) is 11.1 Å². The fourth-order valence-electron chi connectivity index (χ4n) is 2.20. The molecule has 0 saturated carbocycles. The molecule has 0 aliphatic heterocycles. The number of hydrogen-bond donors (Lipinski definition) is 1. The molecular formula is C16H18O2S2. The van der Waals surface area contributed by atoms with Crippen molar-refractivity contribution < 1.29 is 9.90 Å². The van der Waals surface area contributed by atoms with E-state index < -0.39 is 5.97 Å². The fourth-order valence-corrected chi connectivity index (χ4v) is 4.20. The van der Waals surface area contributed by atoms with Crippen LogP contribution in [0.25, 0.3) is 0 Å². The summed E-state index contributed by atoms with van der Waals surface area (Å²) in [7, 11) is 0. The van der Waals surface area contributed by atoms with Crippen molar-refractivity contribution >= 4 is 29.1 Å². The Bertz CT molecular complexity index is 609. The van der Waals surface area contributed by atoms with Gasteiger partial charge in [-0.3, -0.25) is 0 Å². The molecule has 0 aliphatic carbocycles. The first-order valence-electron chi connectivity index (χ1n) is 6.43. The van der Waals surface area contributed by atoms with E-state index in [-0.39, 0.29) is 0 Å². The van der Waals surface area contributed by atoms with Gasteiger partial charge in [-0.15, -0.1) is 11.3 Å². The summed E-state index contributed by atoms with van der Waals surface area (Å²) < 4.78 is 0. The third kappa shape index (κ3) is 3.87. The smallest absolute Gasteiger partial charge is 0.345 e. The number of thioether (sulfide) groups is 1. The second kappa shape index (κ2) is 6.46. The largest absolute Gasteiger partial charge is 0.477 e. The average Bonchev–Trinajstić information content (AvgIpc) is 2.70. The van der Waals surface area contributed by atoms with E-state index in [1.165, 1.54) is 28.0 Å². The molecule has 2 aromatic rings. The van der Waals surface area contributed by atoms with Crippen LogP contribution in [0.3, 0.4) is 0 Å². The molecule has 0 fully saturated rings. The first kappa shape index (κ1) is 15.1. The lowest BCUT2D eigenvalue weighted by Gasteiger charge is -2.05. The van der Waals surface area contributed by atoms with Crippen LogP contribution in [0.15, 0.2) is 24.3 Å². The number of carboxylic acid groups (broad SMARTS) is 1. The van der Waals surface area contributed by atoms with E-state index in [1.54, 1.807) is 6.07 Å². The van der Waals surface area contributed by atoms with Crippen LogP contribution in [0.4, 0.5) is 0 Å². The molecule has 0 amide bonds. The summed E-state index contributed by atoms with van der Waals surface area (Å²) in [6.45, 7) is 6.22. The van der Waals surface area contributed by atoms with Crippen molar-refractivity contribution in [2.24, 2.45) is 0 Å². The summed E-state index contributed by atoms with van der Waals surface area (Å²) in [4.78, 5) is 12.5. The fraction of sp³-hybridized carbons (Fsp3) is 0.312. The van der Waals surface area contributed by atoms with Crippen LogP contribution in [0.2, 0.25) is 0 Å². The Morgan fingerprint density at radius 3 is 2.30 bits per heavy atom. The van der Waals surface area contributed by atoms with Gasteiger partial charge in [0.25, 0.3) is 0 Å². The highest BCUT2D eigenvalue weighted by molar-refractivity contribution is 7.97. The van der Waals surface area contributed by atoms with Crippen LogP contribution >= 0.6 is 23.1 Å². The number of rotatable bonds is 5. The Morgan fingerprint density at radius 2 is 1.75 bits per heavy atom. The van der Waals surface area contributed by atoms with E-state index >= 15 is 0 Å². The van der Waals surface area contributed by atoms with E-state index in [0.717, 1.165) is 21.9 Å². The SMILES string of the molecule is Cc1cc(C)cc(CSCc2cc(C(=O)O)sc2C)c1. The van der Waals surface area contributed by atoms with E-state index in [1.807, 2.05) is 18.7 Å². The van der Waals surface area contributed by atoms with Gasteiger partial charge in [0.15, 0.2) is 0 Å². The van der Waals surface area contributed by atoms with Gasteiger partial charge in [0.05, 0.1) is 0 Å². The monoisotopic (exact) mass is 306 g/mol. The average molecular weight is 306 g/mol. The summed E-state index contributed by atoms with van der Waals surface area (Å²) in [6, 6.07) is 8.40. The molecule has 1 aromatic heterocycles. The number of carboxylic acids is 1. The number of aromatic carboxylic acids is 1. The zero-order valence-electron chi connectivity index (χ0n) is 11.9. The minimum absolute atomic E-state index is 0.435. The Kier molecular flexibility index (Phi) is 4.89. The predicted octanol–water partition coefficient (Wildman–Crippen LogP) is 4.80. The number of thiophene rings is 1. The number of carbonyl (C=O) groups is 1. The molecule has 1 heterocycles. The molecule has 0 aliphatic rings. The van der Waals surface area contributed by atoms with Crippen molar-refractivity contribution in [3.05, 3.63) is 56.3 Å². The maximum absolute atomic E-state index is 10.9. The molecule has 1 aromatic carbocycles. The summed E-state index contributed by atoms with van der Waals surface area (Å²) in [5.41, 5.74) is 5.06.